The van der Waals surface area contributed by atoms with Gasteiger partial charge in [0.25, 0.3) is 0 Å². The molecule has 0 bridgehead atoms. The molecule has 1 atom stereocenters. The molecule has 0 aliphatic carbocycles. The van der Waals surface area contributed by atoms with Crippen LogP contribution >= 0.6 is 0 Å². The van der Waals surface area contributed by atoms with E-state index in [4.69, 9.17) is 5.73 Å². The van der Waals surface area contributed by atoms with Crippen LogP contribution < -0.4 is 5.73 Å². The molecule has 0 heterocycles. The van der Waals surface area contributed by atoms with Gasteiger partial charge >= 0.3 is 0 Å². The molecule has 1 nitrogen and oxygen atoms in total. The molecule has 0 fully saturated rings. The van der Waals surface area contributed by atoms with Crippen molar-refractivity contribution in [1.29, 1.82) is 0 Å². The van der Waals surface area contributed by atoms with Crippen molar-refractivity contribution in [2.45, 2.75) is 52.0 Å². The lowest BCUT2D eigenvalue weighted by molar-refractivity contribution is 0.566. The molecule has 1 rings (SSSR count). The van der Waals surface area contributed by atoms with Gasteiger partial charge in [0.15, 0.2) is 0 Å². The standard InChI is InChI=1S/C14H23N/c1-3-4-5-6-10-14(15)13-9-7-8-12(2)11-13/h7-9,11,14H,3-6,10,15H2,1-2H3. The summed E-state index contributed by atoms with van der Waals surface area (Å²) in [6, 6.07) is 8.77. The van der Waals surface area contributed by atoms with Gasteiger partial charge in [-0.1, -0.05) is 62.4 Å². The average Bonchev–Trinajstić information content (AvgIpc) is 2.24. The zero-order valence-electron chi connectivity index (χ0n) is 10.00. The van der Waals surface area contributed by atoms with Gasteiger partial charge in [0.1, 0.15) is 0 Å². The molecular formula is C14H23N. The number of unbranched alkanes of at least 4 members (excludes halogenated alkanes) is 3. The van der Waals surface area contributed by atoms with E-state index in [0.717, 1.165) is 6.42 Å². The quantitative estimate of drug-likeness (QED) is 0.699. The fourth-order valence-corrected chi connectivity index (χ4v) is 1.86. The van der Waals surface area contributed by atoms with Gasteiger partial charge in [-0.05, 0) is 18.9 Å². The molecule has 1 aromatic rings. The Morgan fingerprint density at radius 1 is 1.20 bits per heavy atom. The van der Waals surface area contributed by atoms with Crippen molar-refractivity contribution in [3.05, 3.63) is 35.4 Å². The van der Waals surface area contributed by atoms with E-state index in [9.17, 15) is 0 Å². The Labute approximate surface area is 93.7 Å². The van der Waals surface area contributed by atoms with Gasteiger partial charge in [0.05, 0.1) is 0 Å². The van der Waals surface area contributed by atoms with Crippen LogP contribution in [0.15, 0.2) is 24.3 Å². The van der Waals surface area contributed by atoms with Crippen LogP contribution in [0, 0.1) is 6.92 Å². The molecule has 84 valence electrons. The topological polar surface area (TPSA) is 26.0 Å². The van der Waals surface area contributed by atoms with Crippen molar-refractivity contribution in [3.63, 3.8) is 0 Å². The van der Waals surface area contributed by atoms with E-state index < -0.39 is 0 Å². The lowest BCUT2D eigenvalue weighted by Gasteiger charge is -2.12. The van der Waals surface area contributed by atoms with Crippen LogP contribution in [0.3, 0.4) is 0 Å². The fourth-order valence-electron chi connectivity index (χ4n) is 1.86. The second-order valence-corrected chi connectivity index (χ2v) is 4.37. The molecule has 0 aliphatic rings. The Hall–Kier alpha value is -0.820. The number of benzene rings is 1. The van der Waals surface area contributed by atoms with Crippen LogP contribution in [0.5, 0.6) is 0 Å². The predicted molar refractivity (Wildman–Crippen MR) is 66.9 cm³/mol. The van der Waals surface area contributed by atoms with Crippen molar-refractivity contribution in [2.75, 3.05) is 0 Å². The lowest BCUT2D eigenvalue weighted by atomic mass is 9.99. The molecule has 1 heteroatoms. The van der Waals surface area contributed by atoms with Crippen LogP contribution in [-0.4, -0.2) is 0 Å². The third-order valence-electron chi connectivity index (χ3n) is 2.84. The second kappa shape index (κ2) is 6.62. The summed E-state index contributed by atoms with van der Waals surface area (Å²) >= 11 is 0. The summed E-state index contributed by atoms with van der Waals surface area (Å²) in [5.74, 6) is 0. The molecule has 15 heavy (non-hydrogen) atoms. The number of hydrogen-bond acceptors (Lipinski definition) is 1. The van der Waals surface area contributed by atoms with E-state index in [1.165, 1.54) is 36.8 Å². The maximum atomic E-state index is 6.15. The molecule has 0 spiro atoms. The van der Waals surface area contributed by atoms with Crippen LogP contribution in [0.2, 0.25) is 0 Å². The van der Waals surface area contributed by atoms with Gasteiger partial charge in [-0.2, -0.15) is 0 Å². The number of hydrogen-bond donors (Lipinski definition) is 1. The molecule has 0 aromatic heterocycles. The SMILES string of the molecule is CCCCCCC(N)c1cccc(C)c1. The highest BCUT2D eigenvalue weighted by Gasteiger charge is 2.04. The lowest BCUT2D eigenvalue weighted by Crippen LogP contribution is -2.10. The number of aryl methyl sites for hydroxylation is 1. The first-order chi connectivity index (χ1) is 7.24. The van der Waals surface area contributed by atoms with Gasteiger partial charge in [-0.15, -0.1) is 0 Å². The molecular weight excluding hydrogens is 182 g/mol. The smallest absolute Gasteiger partial charge is 0.0294 e. The zero-order chi connectivity index (χ0) is 11.1. The Morgan fingerprint density at radius 2 is 2.00 bits per heavy atom. The third kappa shape index (κ3) is 4.48. The molecule has 1 unspecified atom stereocenters. The maximum Gasteiger partial charge on any atom is 0.0294 e. The first-order valence-electron chi connectivity index (χ1n) is 6.06. The summed E-state index contributed by atoms with van der Waals surface area (Å²) in [6.45, 7) is 4.35. The number of nitrogens with two attached hydrogens (primary N) is 1. The first-order valence-corrected chi connectivity index (χ1v) is 6.06. The predicted octanol–water partition coefficient (Wildman–Crippen LogP) is 3.97. The normalized spacial score (nSPS) is 12.7. The van der Waals surface area contributed by atoms with E-state index in [2.05, 4.69) is 38.1 Å². The van der Waals surface area contributed by atoms with Crippen LogP contribution in [0.4, 0.5) is 0 Å². The Balaban J connectivity index is 2.36. The number of rotatable bonds is 6. The summed E-state index contributed by atoms with van der Waals surface area (Å²) in [5, 5.41) is 0. The molecule has 0 aliphatic heterocycles. The van der Waals surface area contributed by atoms with Crippen molar-refractivity contribution in [1.82, 2.24) is 0 Å². The summed E-state index contributed by atoms with van der Waals surface area (Å²) in [7, 11) is 0. The van der Waals surface area contributed by atoms with E-state index in [-0.39, 0.29) is 6.04 Å². The molecule has 2 N–H and O–H groups in total. The van der Waals surface area contributed by atoms with Crippen molar-refractivity contribution in [2.24, 2.45) is 5.73 Å². The minimum Gasteiger partial charge on any atom is -0.324 e. The molecule has 1 aromatic carbocycles. The summed E-state index contributed by atoms with van der Waals surface area (Å²) < 4.78 is 0. The van der Waals surface area contributed by atoms with Crippen LogP contribution in [0.25, 0.3) is 0 Å². The Bertz CT molecular complexity index is 280. The van der Waals surface area contributed by atoms with Gasteiger partial charge < -0.3 is 5.73 Å². The molecule has 0 amide bonds. The fraction of sp³-hybridized carbons (Fsp3) is 0.571. The maximum absolute atomic E-state index is 6.15. The van der Waals surface area contributed by atoms with Crippen LogP contribution in [-0.2, 0) is 0 Å². The first kappa shape index (κ1) is 12.3. The summed E-state index contributed by atoms with van der Waals surface area (Å²) in [4.78, 5) is 0. The largest absolute Gasteiger partial charge is 0.324 e. The minimum absolute atomic E-state index is 0.224. The van der Waals surface area contributed by atoms with Gasteiger partial charge in [0.2, 0.25) is 0 Å². The molecule has 0 radical (unpaired) electrons. The van der Waals surface area contributed by atoms with Crippen LogP contribution in [0.1, 0.15) is 56.2 Å². The Kier molecular flexibility index (Phi) is 5.41. The highest BCUT2D eigenvalue weighted by Crippen LogP contribution is 2.18. The average molecular weight is 205 g/mol. The van der Waals surface area contributed by atoms with E-state index in [1.807, 2.05) is 0 Å². The molecule has 0 saturated carbocycles. The zero-order valence-corrected chi connectivity index (χ0v) is 10.00. The van der Waals surface area contributed by atoms with E-state index in [1.54, 1.807) is 0 Å². The van der Waals surface area contributed by atoms with Gasteiger partial charge in [0, 0.05) is 6.04 Å². The second-order valence-electron chi connectivity index (χ2n) is 4.37. The highest BCUT2D eigenvalue weighted by atomic mass is 14.6. The Morgan fingerprint density at radius 3 is 2.67 bits per heavy atom. The summed E-state index contributed by atoms with van der Waals surface area (Å²) in [5.41, 5.74) is 8.73. The van der Waals surface area contributed by atoms with E-state index >= 15 is 0 Å². The van der Waals surface area contributed by atoms with Gasteiger partial charge in [-0.3, -0.25) is 0 Å². The molecule has 0 saturated heterocycles. The van der Waals surface area contributed by atoms with Crippen molar-refractivity contribution in [3.8, 4) is 0 Å². The monoisotopic (exact) mass is 205 g/mol. The summed E-state index contributed by atoms with van der Waals surface area (Å²) in [6.07, 6.45) is 6.31. The van der Waals surface area contributed by atoms with Crippen molar-refractivity contribution < 1.29 is 0 Å². The van der Waals surface area contributed by atoms with Crippen molar-refractivity contribution >= 4 is 0 Å². The van der Waals surface area contributed by atoms with E-state index in [0.29, 0.717) is 0 Å². The minimum atomic E-state index is 0.224. The highest BCUT2D eigenvalue weighted by molar-refractivity contribution is 5.24. The third-order valence-corrected chi connectivity index (χ3v) is 2.84. The van der Waals surface area contributed by atoms with Gasteiger partial charge in [-0.25, -0.2) is 0 Å².